The van der Waals surface area contributed by atoms with E-state index in [2.05, 4.69) is 10.5 Å². The highest BCUT2D eigenvalue weighted by molar-refractivity contribution is 6.00. The van der Waals surface area contributed by atoms with Crippen LogP contribution in [-0.4, -0.2) is 11.6 Å². The molecule has 0 bridgehead atoms. The van der Waals surface area contributed by atoms with E-state index in [0.29, 0.717) is 17.2 Å². The standard InChI is InChI=1S/C22H20N2O3/c1-13-12-18(15(3)26-13)14(2)23-24-22(25)21-16-8-4-6-10-19(16)27-20-11-7-5-9-17(20)21/h4-12,21H,1-3H3,(H,24,25)/b23-14+. The molecule has 3 aromatic rings. The summed E-state index contributed by atoms with van der Waals surface area (Å²) in [4.78, 5) is 13.1. The molecule has 0 saturated heterocycles. The summed E-state index contributed by atoms with van der Waals surface area (Å²) >= 11 is 0. The first kappa shape index (κ1) is 17.1. The fourth-order valence-electron chi connectivity index (χ4n) is 3.45. The molecule has 4 rings (SSSR count). The summed E-state index contributed by atoms with van der Waals surface area (Å²) < 4.78 is 11.5. The molecule has 1 N–H and O–H groups in total. The lowest BCUT2D eigenvalue weighted by Gasteiger charge is -2.26. The second kappa shape index (κ2) is 6.76. The van der Waals surface area contributed by atoms with Gasteiger partial charge in [-0.2, -0.15) is 5.10 Å². The molecule has 1 aliphatic heterocycles. The largest absolute Gasteiger partial charge is 0.466 e. The van der Waals surface area contributed by atoms with Crippen LogP contribution in [0.15, 0.2) is 64.1 Å². The molecule has 0 saturated carbocycles. The number of aryl methyl sites for hydroxylation is 2. The number of furan rings is 1. The van der Waals surface area contributed by atoms with Gasteiger partial charge in [-0.05, 0) is 39.0 Å². The summed E-state index contributed by atoms with van der Waals surface area (Å²) in [6.07, 6.45) is 0. The number of ether oxygens (including phenoxy) is 1. The van der Waals surface area contributed by atoms with E-state index >= 15 is 0 Å². The third kappa shape index (κ3) is 3.12. The number of rotatable bonds is 3. The highest BCUT2D eigenvalue weighted by Gasteiger charge is 2.32. The number of amides is 1. The fourth-order valence-corrected chi connectivity index (χ4v) is 3.45. The molecule has 5 heteroatoms. The second-order valence-corrected chi connectivity index (χ2v) is 6.61. The van der Waals surface area contributed by atoms with E-state index in [-0.39, 0.29) is 5.91 Å². The molecule has 0 fully saturated rings. The Balaban J connectivity index is 1.66. The SMILES string of the molecule is C/C(=N\NC(=O)C1c2ccccc2Oc2ccccc21)c1cc(C)oc1C. The van der Waals surface area contributed by atoms with Crippen molar-refractivity contribution in [3.63, 3.8) is 0 Å². The van der Waals surface area contributed by atoms with Gasteiger partial charge >= 0.3 is 0 Å². The molecule has 5 nitrogen and oxygen atoms in total. The van der Waals surface area contributed by atoms with Crippen molar-refractivity contribution in [1.82, 2.24) is 5.43 Å². The van der Waals surface area contributed by atoms with Gasteiger partial charge in [0.2, 0.25) is 0 Å². The van der Waals surface area contributed by atoms with Crippen molar-refractivity contribution in [2.75, 3.05) is 0 Å². The zero-order chi connectivity index (χ0) is 19.0. The summed E-state index contributed by atoms with van der Waals surface area (Å²) in [6, 6.07) is 17.1. The zero-order valence-electron chi connectivity index (χ0n) is 15.4. The lowest BCUT2D eigenvalue weighted by Crippen LogP contribution is -2.29. The van der Waals surface area contributed by atoms with Crippen molar-refractivity contribution in [3.05, 3.63) is 82.8 Å². The van der Waals surface area contributed by atoms with Crippen molar-refractivity contribution in [2.24, 2.45) is 5.10 Å². The summed E-state index contributed by atoms with van der Waals surface area (Å²) in [5.41, 5.74) is 5.97. The Morgan fingerprint density at radius 2 is 1.59 bits per heavy atom. The minimum absolute atomic E-state index is 0.199. The molecular formula is C22H20N2O3. The van der Waals surface area contributed by atoms with Crippen LogP contribution < -0.4 is 10.2 Å². The van der Waals surface area contributed by atoms with Gasteiger partial charge in [-0.1, -0.05) is 36.4 Å². The van der Waals surface area contributed by atoms with E-state index in [4.69, 9.17) is 9.15 Å². The van der Waals surface area contributed by atoms with Crippen LogP contribution in [0.5, 0.6) is 11.5 Å². The third-order valence-electron chi connectivity index (χ3n) is 4.71. The average Bonchev–Trinajstić information content (AvgIpc) is 3.02. The lowest BCUT2D eigenvalue weighted by molar-refractivity contribution is -0.121. The Morgan fingerprint density at radius 1 is 1.00 bits per heavy atom. The number of hydrazone groups is 1. The predicted molar refractivity (Wildman–Crippen MR) is 103 cm³/mol. The van der Waals surface area contributed by atoms with Gasteiger partial charge in [-0.15, -0.1) is 0 Å². The van der Waals surface area contributed by atoms with E-state index in [1.165, 1.54) is 0 Å². The first-order valence-corrected chi connectivity index (χ1v) is 8.82. The predicted octanol–water partition coefficient (Wildman–Crippen LogP) is 4.67. The third-order valence-corrected chi connectivity index (χ3v) is 4.71. The van der Waals surface area contributed by atoms with Crippen LogP contribution in [0.1, 0.15) is 41.1 Å². The van der Waals surface area contributed by atoms with Gasteiger partial charge in [-0.3, -0.25) is 4.79 Å². The van der Waals surface area contributed by atoms with Gasteiger partial charge in [0, 0.05) is 16.7 Å². The van der Waals surface area contributed by atoms with Crippen LogP contribution in [-0.2, 0) is 4.79 Å². The number of para-hydroxylation sites is 2. The Hall–Kier alpha value is -3.34. The molecular weight excluding hydrogens is 340 g/mol. The lowest BCUT2D eigenvalue weighted by atomic mass is 9.87. The summed E-state index contributed by atoms with van der Waals surface area (Å²) in [5, 5.41) is 4.31. The summed E-state index contributed by atoms with van der Waals surface area (Å²) in [7, 11) is 0. The van der Waals surface area contributed by atoms with Gasteiger partial charge in [0.05, 0.1) is 11.6 Å². The second-order valence-electron chi connectivity index (χ2n) is 6.61. The van der Waals surface area contributed by atoms with Crippen molar-refractivity contribution in [2.45, 2.75) is 26.7 Å². The van der Waals surface area contributed by atoms with Crippen LogP contribution >= 0.6 is 0 Å². The Morgan fingerprint density at radius 3 is 2.15 bits per heavy atom. The molecule has 136 valence electrons. The number of nitrogens with zero attached hydrogens (tertiary/aromatic N) is 1. The van der Waals surface area contributed by atoms with E-state index in [0.717, 1.165) is 28.2 Å². The summed E-state index contributed by atoms with van der Waals surface area (Å²) in [5.74, 6) is 2.31. The Kier molecular flexibility index (Phi) is 4.28. The van der Waals surface area contributed by atoms with Gasteiger partial charge in [0.15, 0.2) is 0 Å². The number of hydrogen-bond acceptors (Lipinski definition) is 4. The zero-order valence-corrected chi connectivity index (χ0v) is 15.4. The molecule has 0 atom stereocenters. The molecule has 1 aromatic heterocycles. The fraction of sp³-hybridized carbons (Fsp3) is 0.182. The van der Waals surface area contributed by atoms with Crippen LogP contribution in [0.2, 0.25) is 0 Å². The molecule has 1 aliphatic rings. The van der Waals surface area contributed by atoms with Gasteiger partial charge in [0.25, 0.3) is 5.91 Å². The number of benzene rings is 2. The Labute approximate surface area is 157 Å². The minimum atomic E-state index is -0.477. The van der Waals surface area contributed by atoms with Crippen molar-refractivity contribution in [3.8, 4) is 11.5 Å². The van der Waals surface area contributed by atoms with Crippen LogP contribution in [0.3, 0.4) is 0 Å². The van der Waals surface area contributed by atoms with Crippen molar-refractivity contribution < 1.29 is 13.9 Å². The van der Waals surface area contributed by atoms with Gasteiger partial charge in [0.1, 0.15) is 23.0 Å². The van der Waals surface area contributed by atoms with E-state index in [9.17, 15) is 4.79 Å². The van der Waals surface area contributed by atoms with Crippen molar-refractivity contribution in [1.29, 1.82) is 0 Å². The smallest absolute Gasteiger partial charge is 0.252 e. The van der Waals surface area contributed by atoms with Crippen LogP contribution in [0.4, 0.5) is 0 Å². The molecule has 2 aromatic carbocycles. The molecule has 0 radical (unpaired) electrons. The average molecular weight is 360 g/mol. The maximum Gasteiger partial charge on any atom is 0.252 e. The van der Waals surface area contributed by atoms with Gasteiger partial charge in [-0.25, -0.2) is 5.43 Å². The van der Waals surface area contributed by atoms with Crippen LogP contribution in [0.25, 0.3) is 0 Å². The molecule has 0 aliphatic carbocycles. The first-order chi connectivity index (χ1) is 13.0. The van der Waals surface area contributed by atoms with Gasteiger partial charge < -0.3 is 9.15 Å². The number of carbonyl (C=O) groups excluding carboxylic acids is 1. The molecule has 1 amide bonds. The number of hydrogen-bond donors (Lipinski definition) is 1. The minimum Gasteiger partial charge on any atom is -0.466 e. The van der Waals surface area contributed by atoms with E-state index in [1.807, 2.05) is 75.4 Å². The monoisotopic (exact) mass is 360 g/mol. The normalized spacial score (nSPS) is 13.5. The highest BCUT2D eigenvalue weighted by atomic mass is 16.5. The van der Waals surface area contributed by atoms with E-state index < -0.39 is 5.92 Å². The first-order valence-electron chi connectivity index (χ1n) is 8.82. The highest BCUT2D eigenvalue weighted by Crippen LogP contribution is 2.43. The van der Waals surface area contributed by atoms with Crippen molar-refractivity contribution >= 4 is 11.6 Å². The van der Waals surface area contributed by atoms with E-state index in [1.54, 1.807) is 0 Å². The maximum absolute atomic E-state index is 13.1. The number of fused-ring (bicyclic) bond motifs is 2. The quantitative estimate of drug-likeness (QED) is 0.545. The molecule has 0 spiro atoms. The molecule has 27 heavy (non-hydrogen) atoms. The summed E-state index contributed by atoms with van der Waals surface area (Å²) in [6.45, 7) is 5.62. The number of nitrogens with one attached hydrogen (secondary N) is 1. The topological polar surface area (TPSA) is 63.8 Å². The number of carbonyl (C=O) groups is 1. The Bertz CT molecular complexity index is 1000. The molecule has 2 heterocycles. The van der Waals surface area contributed by atoms with Crippen LogP contribution in [0, 0.1) is 13.8 Å². The molecule has 0 unspecified atom stereocenters. The maximum atomic E-state index is 13.1.